The Morgan fingerprint density at radius 3 is 2.35 bits per heavy atom. The highest BCUT2D eigenvalue weighted by Gasteiger charge is 2.65. The quantitative estimate of drug-likeness (QED) is 0.439. The molecule has 0 spiro atoms. The second-order valence-electron chi connectivity index (χ2n) is 14.5. The number of ketones is 1. The Morgan fingerprint density at radius 1 is 1.09 bits per heavy atom. The summed E-state index contributed by atoms with van der Waals surface area (Å²) in [5.41, 5.74) is -0.0328. The number of ether oxygens (including phenoxy) is 1. The second-order valence-corrected chi connectivity index (χ2v) is 19.2. The Balaban J connectivity index is 1.61. The summed E-state index contributed by atoms with van der Waals surface area (Å²) >= 11 is 0. The van der Waals surface area contributed by atoms with Crippen LogP contribution >= 0.6 is 0 Å². The van der Waals surface area contributed by atoms with E-state index in [9.17, 15) is 9.90 Å². The van der Waals surface area contributed by atoms with E-state index >= 15 is 0 Å². The third kappa shape index (κ3) is 4.18. The van der Waals surface area contributed by atoms with Crippen molar-refractivity contribution in [3.8, 4) is 0 Å². The summed E-state index contributed by atoms with van der Waals surface area (Å²) in [6.45, 7) is 21.1. The molecule has 0 aromatic heterocycles. The number of aliphatic hydroxyl groups is 1. The lowest BCUT2D eigenvalue weighted by Gasteiger charge is -2.61. The zero-order chi connectivity index (χ0) is 25.3. The maximum atomic E-state index is 14.0. The fourth-order valence-electron chi connectivity index (χ4n) is 8.95. The van der Waals surface area contributed by atoms with E-state index in [0.717, 1.165) is 25.7 Å². The molecular formula is C29H52O4Si. The van der Waals surface area contributed by atoms with Gasteiger partial charge in [-0.2, -0.15) is 0 Å². The summed E-state index contributed by atoms with van der Waals surface area (Å²) in [6.07, 6.45) is 7.13. The van der Waals surface area contributed by atoms with E-state index in [-0.39, 0.29) is 46.0 Å². The Morgan fingerprint density at radius 2 is 1.76 bits per heavy atom. The Bertz CT molecular complexity index is 773. The summed E-state index contributed by atoms with van der Waals surface area (Å²) in [4.78, 5) is 14.0. The van der Waals surface area contributed by atoms with E-state index in [1.54, 1.807) is 0 Å². The number of Topliss-reactive ketones (excluding diaryl/α,β-unsaturated/α-hetero) is 1. The van der Waals surface area contributed by atoms with Gasteiger partial charge in [0.05, 0.1) is 18.3 Å². The van der Waals surface area contributed by atoms with E-state index in [0.29, 0.717) is 36.6 Å². The zero-order valence-electron chi connectivity index (χ0n) is 23.4. The molecule has 0 saturated heterocycles. The van der Waals surface area contributed by atoms with Crippen molar-refractivity contribution in [2.75, 3.05) is 6.61 Å². The van der Waals surface area contributed by atoms with Crippen LogP contribution in [0.2, 0.25) is 18.1 Å². The first-order valence-corrected chi connectivity index (χ1v) is 17.1. The molecule has 1 N–H and O–H groups in total. The molecule has 0 aromatic carbocycles. The lowest BCUT2D eigenvalue weighted by Crippen LogP contribution is -2.61. The SMILES string of the molecule is CCO[C@H]1C[C@@]2(C)[C@@H](CC[C@H]3[C@@H]4CC[C@H](C(C)O)[C@@]4(C)CC(=O)[C@@H]32)CC1O[Si](C)(C)C(C)(C)C. The first-order valence-electron chi connectivity index (χ1n) is 14.2. The van der Waals surface area contributed by atoms with Crippen molar-refractivity contribution in [3.63, 3.8) is 0 Å². The standard InChI is InChI=1S/C29H52O4Si/c1-10-32-25-17-28(6)19(15-24(25)33-34(8,9)27(3,4)5)11-12-20-22-14-13-21(18(2)30)29(22,7)16-23(31)26(20)28/h18-22,24-26,30H,10-17H2,1-9H3/t18?,19-,20-,21+,22-,24?,25-,26+,28-,29+/m0/s1. The molecule has 0 radical (unpaired) electrons. The molecule has 0 amide bonds. The van der Waals surface area contributed by atoms with Crippen LogP contribution in [-0.2, 0) is 14.0 Å². The molecule has 0 heterocycles. The van der Waals surface area contributed by atoms with Crippen molar-refractivity contribution in [1.29, 1.82) is 0 Å². The lowest BCUT2D eigenvalue weighted by atomic mass is 9.44. The molecule has 0 aliphatic heterocycles. The molecule has 10 atom stereocenters. The van der Waals surface area contributed by atoms with E-state index < -0.39 is 8.32 Å². The third-order valence-corrected chi connectivity index (χ3v) is 16.1. The van der Waals surface area contributed by atoms with Gasteiger partial charge in [-0.05, 0) is 105 Å². The van der Waals surface area contributed by atoms with Crippen molar-refractivity contribution in [2.45, 2.75) is 130 Å². The maximum absolute atomic E-state index is 14.0. The number of hydrogen-bond acceptors (Lipinski definition) is 4. The first-order chi connectivity index (χ1) is 15.7. The largest absolute Gasteiger partial charge is 0.411 e. The van der Waals surface area contributed by atoms with Gasteiger partial charge >= 0.3 is 0 Å². The molecule has 196 valence electrons. The van der Waals surface area contributed by atoms with E-state index in [4.69, 9.17) is 9.16 Å². The predicted octanol–water partition coefficient (Wildman–Crippen LogP) is 6.61. The molecule has 4 aliphatic carbocycles. The van der Waals surface area contributed by atoms with Crippen LogP contribution in [-0.4, -0.2) is 44.1 Å². The summed E-state index contributed by atoms with van der Waals surface area (Å²) in [6, 6.07) is 0. The zero-order valence-corrected chi connectivity index (χ0v) is 24.4. The topological polar surface area (TPSA) is 55.8 Å². The van der Waals surface area contributed by atoms with Crippen LogP contribution in [0.15, 0.2) is 0 Å². The molecule has 4 rings (SSSR count). The molecule has 4 nitrogen and oxygen atoms in total. The number of carbonyl (C=O) groups is 1. The van der Waals surface area contributed by atoms with Gasteiger partial charge in [-0.1, -0.05) is 34.6 Å². The molecular weight excluding hydrogens is 440 g/mol. The van der Waals surface area contributed by atoms with Gasteiger partial charge in [0.15, 0.2) is 8.32 Å². The van der Waals surface area contributed by atoms with Crippen molar-refractivity contribution in [1.82, 2.24) is 0 Å². The average Bonchev–Trinajstić information content (AvgIpc) is 3.04. The highest BCUT2D eigenvalue weighted by Crippen LogP contribution is 2.67. The predicted molar refractivity (Wildman–Crippen MR) is 140 cm³/mol. The van der Waals surface area contributed by atoms with Gasteiger partial charge in [0, 0.05) is 18.9 Å². The number of aliphatic hydroxyl groups excluding tert-OH is 1. The Kier molecular flexibility index (Phi) is 7.06. The van der Waals surface area contributed by atoms with Gasteiger partial charge in [-0.3, -0.25) is 4.79 Å². The molecule has 2 unspecified atom stereocenters. The van der Waals surface area contributed by atoms with Crippen molar-refractivity contribution in [3.05, 3.63) is 0 Å². The molecule has 0 aromatic rings. The minimum atomic E-state index is -1.91. The number of rotatable bonds is 5. The van der Waals surface area contributed by atoms with Crippen molar-refractivity contribution >= 4 is 14.1 Å². The molecule has 4 saturated carbocycles. The molecule has 34 heavy (non-hydrogen) atoms. The Labute approximate surface area is 210 Å². The summed E-state index contributed by atoms with van der Waals surface area (Å²) in [7, 11) is -1.91. The van der Waals surface area contributed by atoms with Crippen LogP contribution in [0.3, 0.4) is 0 Å². The summed E-state index contributed by atoms with van der Waals surface area (Å²) in [5, 5.41) is 10.7. The van der Waals surface area contributed by atoms with Crippen LogP contribution < -0.4 is 0 Å². The van der Waals surface area contributed by atoms with Crippen LogP contribution in [0.25, 0.3) is 0 Å². The van der Waals surface area contributed by atoms with Crippen molar-refractivity contribution < 1.29 is 19.1 Å². The summed E-state index contributed by atoms with van der Waals surface area (Å²) in [5.74, 6) is 2.45. The van der Waals surface area contributed by atoms with Gasteiger partial charge in [-0.15, -0.1) is 0 Å². The highest BCUT2D eigenvalue weighted by atomic mass is 28.4. The van der Waals surface area contributed by atoms with Crippen molar-refractivity contribution in [2.24, 2.45) is 40.4 Å². The van der Waals surface area contributed by atoms with Crippen LogP contribution in [0.5, 0.6) is 0 Å². The third-order valence-electron chi connectivity index (χ3n) is 11.6. The van der Waals surface area contributed by atoms with E-state index in [1.165, 1.54) is 12.8 Å². The molecule has 5 heteroatoms. The molecule has 4 aliphatic rings. The fourth-order valence-corrected chi connectivity index (χ4v) is 10.3. The Hall–Kier alpha value is -0.233. The van der Waals surface area contributed by atoms with Gasteiger partial charge in [0.2, 0.25) is 0 Å². The lowest BCUT2D eigenvalue weighted by molar-refractivity contribution is -0.179. The number of hydrogen-bond donors (Lipinski definition) is 1. The second kappa shape index (κ2) is 8.95. The van der Waals surface area contributed by atoms with Gasteiger partial charge < -0.3 is 14.3 Å². The van der Waals surface area contributed by atoms with E-state index in [1.807, 2.05) is 6.92 Å². The molecule has 4 fully saturated rings. The minimum absolute atomic E-state index is 0.00260. The monoisotopic (exact) mass is 492 g/mol. The fraction of sp³-hybridized carbons (Fsp3) is 0.966. The highest BCUT2D eigenvalue weighted by molar-refractivity contribution is 6.74. The molecule has 0 bridgehead atoms. The smallest absolute Gasteiger partial charge is 0.192 e. The average molecular weight is 493 g/mol. The first kappa shape index (κ1) is 26.8. The van der Waals surface area contributed by atoms with Crippen LogP contribution in [0.4, 0.5) is 0 Å². The van der Waals surface area contributed by atoms with Crippen LogP contribution in [0, 0.1) is 40.4 Å². The number of fused-ring (bicyclic) bond motifs is 5. The van der Waals surface area contributed by atoms with Gasteiger partial charge in [0.25, 0.3) is 0 Å². The van der Waals surface area contributed by atoms with E-state index in [2.05, 4.69) is 54.6 Å². The van der Waals surface area contributed by atoms with Gasteiger partial charge in [-0.25, -0.2) is 0 Å². The van der Waals surface area contributed by atoms with Crippen LogP contribution in [0.1, 0.15) is 93.4 Å². The summed E-state index contributed by atoms with van der Waals surface area (Å²) < 4.78 is 13.4. The maximum Gasteiger partial charge on any atom is 0.192 e. The van der Waals surface area contributed by atoms with Gasteiger partial charge in [0.1, 0.15) is 5.78 Å². The normalized spacial score (nSPS) is 45.9. The minimum Gasteiger partial charge on any atom is -0.411 e. The number of carbonyl (C=O) groups excluding carboxylic acids is 1.